The third kappa shape index (κ3) is 5.30. The van der Waals surface area contributed by atoms with Crippen molar-refractivity contribution in [1.29, 1.82) is 0 Å². The highest BCUT2D eigenvalue weighted by atomic mass is 32.2. The number of hydrogen-bond donors (Lipinski definition) is 1. The third-order valence-electron chi connectivity index (χ3n) is 4.82. The summed E-state index contributed by atoms with van der Waals surface area (Å²) in [5.41, 5.74) is 2.19. The SMILES string of the molecule is COc1ccc(CCS(=O)(=O)NC[C@H](c2ccsc2)N2CCCC2)cc1. The molecule has 3 rings (SSSR count). The van der Waals surface area contributed by atoms with Gasteiger partial charge in [0.15, 0.2) is 0 Å². The van der Waals surface area contributed by atoms with E-state index in [9.17, 15) is 8.42 Å². The Balaban J connectivity index is 1.56. The van der Waals surface area contributed by atoms with E-state index in [1.807, 2.05) is 24.3 Å². The Morgan fingerprint density at radius 3 is 2.54 bits per heavy atom. The molecule has 0 unspecified atom stereocenters. The second-order valence-corrected chi connectivity index (χ2v) is 9.29. The normalized spacial score (nSPS) is 16.7. The fourth-order valence-electron chi connectivity index (χ4n) is 3.30. The molecule has 1 aromatic heterocycles. The molecule has 1 atom stereocenters. The molecule has 26 heavy (non-hydrogen) atoms. The van der Waals surface area contributed by atoms with Gasteiger partial charge in [-0.1, -0.05) is 12.1 Å². The Morgan fingerprint density at radius 1 is 1.19 bits per heavy atom. The first-order valence-electron chi connectivity index (χ1n) is 8.94. The lowest BCUT2D eigenvalue weighted by molar-refractivity contribution is 0.247. The third-order valence-corrected chi connectivity index (χ3v) is 6.87. The minimum atomic E-state index is -3.32. The molecule has 2 heterocycles. The van der Waals surface area contributed by atoms with Crippen LogP contribution in [0.4, 0.5) is 0 Å². The van der Waals surface area contributed by atoms with Crippen molar-refractivity contribution in [2.24, 2.45) is 0 Å². The fraction of sp³-hybridized carbons (Fsp3) is 0.474. The molecule has 1 aliphatic rings. The maximum atomic E-state index is 12.5. The monoisotopic (exact) mass is 394 g/mol. The predicted octanol–water partition coefficient (Wildman–Crippen LogP) is 3.06. The lowest BCUT2D eigenvalue weighted by Crippen LogP contribution is -2.37. The number of benzene rings is 1. The molecule has 7 heteroatoms. The van der Waals surface area contributed by atoms with Crippen LogP contribution in [0.25, 0.3) is 0 Å². The summed E-state index contributed by atoms with van der Waals surface area (Å²) in [6.07, 6.45) is 2.86. The zero-order valence-electron chi connectivity index (χ0n) is 15.1. The average molecular weight is 395 g/mol. The minimum Gasteiger partial charge on any atom is -0.497 e. The molecule has 1 aromatic carbocycles. The van der Waals surface area contributed by atoms with Crippen molar-refractivity contribution < 1.29 is 13.2 Å². The van der Waals surface area contributed by atoms with Gasteiger partial charge in [0, 0.05) is 12.6 Å². The molecule has 1 aliphatic heterocycles. The van der Waals surface area contributed by atoms with Crippen molar-refractivity contribution in [2.75, 3.05) is 32.5 Å². The minimum absolute atomic E-state index is 0.0929. The number of sulfonamides is 1. The molecule has 0 aliphatic carbocycles. The van der Waals surface area contributed by atoms with Crippen molar-refractivity contribution in [1.82, 2.24) is 9.62 Å². The molecule has 0 spiro atoms. The van der Waals surface area contributed by atoms with Crippen LogP contribution in [0.5, 0.6) is 5.75 Å². The van der Waals surface area contributed by atoms with Gasteiger partial charge >= 0.3 is 0 Å². The summed E-state index contributed by atoms with van der Waals surface area (Å²) in [6.45, 7) is 2.50. The van der Waals surface area contributed by atoms with Crippen LogP contribution in [0.3, 0.4) is 0 Å². The Morgan fingerprint density at radius 2 is 1.92 bits per heavy atom. The van der Waals surface area contributed by atoms with E-state index in [0.717, 1.165) is 24.4 Å². The number of likely N-dealkylation sites (tertiary alicyclic amines) is 1. The molecule has 0 radical (unpaired) electrons. The Labute approximate surface area is 160 Å². The summed E-state index contributed by atoms with van der Waals surface area (Å²) in [7, 11) is -1.70. The van der Waals surface area contributed by atoms with Crippen molar-refractivity contribution >= 4 is 21.4 Å². The highest BCUT2D eigenvalue weighted by molar-refractivity contribution is 7.89. The van der Waals surface area contributed by atoms with Crippen LogP contribution in [-0.2, 0) is 16.4 Å². The number of hydrogen-bond acceptors (Lipinski definition) is 5. The van der Waals surface area contributed by atoms with E-state index in [-0.39, 0.29) is 11.8 Å². The van der Waals surface area contributed by atoms with E-state index in [2.05, 4.69) is 26.4 Å². The van der Waals surface area contributed by atoms with Crippen molar-refractivity contribution in [3.05, 3.63) is 52.2 Å². The quantitative estimate of drug-likeness (QED) is 0.710. The number of methoxy groups -OCH3 is 1. The predicted molar refractivity (Wildman–Crippen MR) is 106 cm³/mol. The van der Waals surface area contributed by atoms with Gasteiger partial charge in [0.25, 0.3) is 0 Å². The zero-order valence-corrected chi connectivity index (χ0v) is 16.7. The van der Waals surface area contributed by atoms with Crippen LogP contribution in [0, 0.1) is 0 Å². The average Bonchev–Trinajstić information content (AvgIpc) is 3.35. The van der Waals surface area contributed by atoms with Crippen molar-refractivity contribution in [3.63, 3.8) is 0 Å². The van der Waals surface area contributed by atoms with Crippen LogP contribution in [-0.4, -0.2) is 45.8 Å². The van der Waals surface area contributed by atoms with Gasteiger partial charge in [-0.15, -0.1) is 0 Å². The highest BCUT2D eigenvalue weighted by Crippen LogP contribution is 2.26. The van der Waals surface area contributed by atoms with Gasteiger partial charge in [0.2, 0.25) is 10.0 Å². The van der Waals surface area contributed by atoms with Crippen molar-refractivity contribution in [3.8, 4) is 5.75 Å². The maximum Gasteiger partial charge on any atom is 0.211 e. The Kier molecular flexibility index (Phi) is 6.69. The topological polar surface area (TPSA) is 58.6 Å². The van der Waals surface area contributed by atoms with E-state index in [1.54, 1.807) is 18.4 Å². The second kappa shape index (κ2) is 8.99. The van der Waals surface area contributed by atoms with Gasteiger partial charge in [0.05, 0.1) is 12.9 Å². The number of aryl methyl sites for hydroxylation is 1. The van der Waals surface area contributed by atoms with Crippen LogP contribution in [0.15, 0.2) is 41.1 Å². The van der Waals surface area contributed by atoms with Crippen LogP contribution in [0.2, 0.25) is 0 Å². The van der Waals surface area contributed by atoms with Crippen LogP contribution >= 0.6 is 11.3 Å². The summed E-state index contributed by atoms with van der Waals surface area (Å²) in [5, 5.41) is 4.17. The standard InChI is InChI=1S/C19H26N2O3S2/c1-24-18-6-4-16(5-7-18)9-13-26(22,23)20-14-19(17-8-12-25-15-17)21-10-2-3-11-21/h4-8,12,15,19-20H,2-3,9-11,13-14H2,1H3/t19-/m1/s1. The summed E-state index contributed by atoms with van der Waals surface area (Å²) >= 11 is 1.66. The van der Waals surface area contributed by atoms with Gasteiger partial charge in [-0.25, -0.2) is 13.1 Å². The number of nitrogens with zero attached hydrogens (tertiary/aromatic N) is 1. The fourth-order valence-corrected chi connectivity index (χ4v) is 5.07. The van der Waals surface area contributed by atoms with E-state index in [1.165, 1.54) is 18.4 Å². The lowest BCUT2D eigenvalue weighted by atomic mass is 10.1. The molecule has 0 saturated carbocycles. The van der Waals surface area contributed by atoms with Crippen LogP contribution in [0.1, 0.15) is 30.0 Å². The molecular formula is C19H26N2O3S2. The number of ether oxygens (including phenoxy) is 1. The Hall–Kier alpha value is -1.41. The summed E-state index contributed by atoms with van der Waals surface area (Å²) in [5.74, 6) is 0.870. The molecule has 0 amide bonds. The first-order chi connectivity index (χ1) is 12.6. The van der Waals surface area contributed by atoms with E-state index >= 15 is 0 Å². The van der Waals surface area contributed by atoms with Gasteiger partial charge < -0.3 is 4.74 Å². The number of rotatable bonds is 9. The first-order valence-corrected chi connectivity index (χ1v) is 11.5. The molecule has 142 valence electrons. The van der Waals surface area contributed by atoms with Gasteiger partial charge in [0.1, 0.15) is 5.75 Å². The maximum absolute atomic E-state index is 12.5. The van der Waals surface area contributed by atoms with Crippen LogP contribution < -0.4 is 9.46 Å². The number of nitrogens with one attached hydrogen (secondary N) is 1. The Bertz CT molecular complexity index is 768. The zero-order chi connectivity index (χ0) is 18.4. The summed E-state index contributed by atoms with van der Waals surface area (Å²) < 4.78 is 32.9. The second-order valence-electron chi connectivity index (χ2n) is 6.58. The molecule has 2 aromatic rings. The van der Waals surface area contributed by atoms with Gasteiger partial charge in [-0.05, 0) is 72.4 Å². The van der Waals surface area contributed by atoms with E-state index in [0.29, 0.717) is 13.0 Å². The molecular weight excluding hydrogens is 368 g/mol. The molecule has 1 fully saturated rings. The smallest absolute Gasteiger partial charge is 0.211 e. The highest BCUT2D eigenvalue weighted by Gasteiger charge is 2.25. The van der Waals surface area contributed by atoms with Gasteiger partial charge in [-0.3, -0.25) is 4.90 Å². The molecule has 1 N–H and O–H groups in total. The summed E-state index contributed by atoms with van der Waals surface area (Å²) in [6, 6.07) is 9.75. The molecule has 0 bridgehead atoms. The first kappa shape index (κ1) is 19.4. The largest absolute Gasteiger partial charge is 0.497 e. The van der Waals surface area contributed by atoms with E-state index in [4.69, 9.17) is 4.74 Å². The number of thiophene rings is 1. The van der Waals surface area contributed by atoms with Gasteiger partial charge in [-0.2, -0.15) is 11.3 Å². The molecule has 5 nitrogen and oxygen atoms in total. The molecule has 1 saturated heterocycles. The van der Waals surface area contributed by atoms with Crippen molar-refractivity contribution in [2.45, 2.75) is 25.3 Å². The summed E-state index contributed by atoms with van der Waals surface area (Å²) in [4.78, 5) is 2.38. The van der Waals surface area contributed by atoms with E-state index < -0.39 is 10.0 Å². The lowest BCUT2D eigenvalue weighted by Gasteiger charge is -2.27.